The summed E-state index contributed by atoms with van der Waals surface area (Å²) in [5, 5.41) is 3.44. The van der Waals surface area contributed by atoms with E-state index in [9.17, 15) is 0 Å². The van der Waals surface area contributed by atoms with Crippen molar-refractivity contribution in [2.75, 3.05) is 14.2 Å². The van der Waals surface area contributed by atoms with Crippen LogP contribution in [0.1, 0.15) is 18.5 Å². The van der Waals surface area contributed by atoms with Crippen LogP contribution in [-0.4, -0.2) is 25.2 Å². The van der Waals surface area contributed by atoms with Gasteiger partial charge in [-0.1, -0.05) is 0 Å². The first-order valence-electron chi connectivity index (χ1n) is 6.70. The monoisotopic (exact) mass is 274 g/mol. The maximum absolute atomic E-state index is 5.53. The first-order valence-corrected chi connectivity index (χ1v) is 6.70. The molecule has 1 saturated carbocycles. The van der Waals surface area contributed by atoms with Crippen LogP contribution in [0.5, 0.6) is 11.5 Å². The molecule has 0 amide bonds. The molecule has 0 spiro atoms. The van der Waals surface area contributed by atoms with Gasteiger partial charge < -0.3 is 19.2 Å². The molecule has 1 fully saturated rings. The van der Waals surface area contributed by atoms with Crippen LogP contribution in [-0.2, 0) is 6.54 Å². The van der Waals surface area contributed by atoms with Gasteiger partial charge in [0.1, 0.15) is 5.69 Å². The Labute approximate surface area is 117 Å². The van der Waals surface area contributed by atoms with Gasteiger partial charge in [-0.2, -0.15) is 0 Å². The minimum Gasteiger partial charge on any atom is -0.493 e. The minimum atomic E-state index is 0.643. The Morgan fingerprint density at radius 2 is 2.05 bits per heavy atom. The Hall–Kier alpha value is -2.01. The summed E-state index contributed by atoms with van der Waals surface area (Å²) in [6.45, 7) is 0.727. The van der Waals surface area contributed by atoms with Crippen molar-refractivity contribution in [2.45, 2.75) is 25.4 Å². The number of rotatable bonds is 6. The number of nitrogens with one attached hydrogen (secondary N) is 1. The fourth-order valence-electron chi connectivity index (χ4n) is 2.14. The van der Waals surface area contributed by atoms with Crippen molar-refractivity contribution in [1.29, 1.82) is 0 Å². The molecule has 0 unspecified atom stereocenters. The van der Waals surface area contributed by atoms with Crippen molar-refractivity contribution in [3.8, 4) is 22.8 Å². The Morgan fingerprint density at radius 3 is 2.75 bits per heavy atom. The van der Waals surface area contributed by atoms with Crippen LogP contribution in [0.2, 0.25) is 0 Å². The standard InChI is InChI=1S/C15H18N2O3/c1-18-13-6-3-10(7-14(13)19-2)15-12(17-9-20-15)8-16-11-4-5-11/h3,6-7,9,11,16H,4-5,8H2,1-2H3. The Balaban J connectivity index is 1.86. The van der Waals surface area contributed by atoms with E-state index in [0.717, 1.165) is 23.6 Å². The number of hydrogen-bond acceptors (Lipinski definition) is 5. The molecule has 0 aliphatic heterocycles. The van der Waals surface area contributed by atoms with Crippen molar-refractivity contribution in [3.05, 3.63) is 30.3 Å². The molecule has 1 heterocycles. The van der Waals surface area contributed by atoms with Gasteiger partial charge in [-0.3, -0.25) is 0 Å². The summed E-state index contributed by atoms with van der Waals surface area (Å²) in [5.41, 5.74) is 1.86. The van der Waals surface area contributed by atoms with Crippen molar-refractivity contribution >= 4 is 0 Å². The predicted molar refractivity (Wildman–Crippen MR) is 74.9 cm³/mol. The largest absolute Gasteiger partial charge is 0.493 e. The zero-order chi connectivity index (χ0) is 13.9. The van der Waals surface area contributed by atoms with Crippen LogP contribution in [0.4, 0.5) is 0 Å². The van der Waals surface area contributed by atoms with Gasteiger partial charge in [-0.25, -0.2) is 4.98 Å². The summed E-state index contributed by atoms with van der Waals surface area (Å²) >= 11 is 0. The fourth-order valence-corrected chi connectivity index (χ4v) is 2.14. The number of nitrogens with zero attached hydrogens (tertiary/aromatic N) is 1. The lowest BCUT2D eigenvalue weighted by molar-refractivity contribution is 0.355. The van der Waals surface area contributed by atoms with Gasteiger partial charge in [0, 0.05) is 18.2 Å². The van der Waals surface area contributed by atoms with E-state index < -0.39 is 0 Å². The number of oxazole rings is 1. The van der Waals surface area contributed by atoms with E-state index in [1.54, 1.807) is 14.2 Å². The van der Waals surface area contributed by atoms with Crippen molar-refractivity contribution in [3.63, 3.8) is 0 Å². The molecule has 1 aromatic heterocycles. The lowest BCUT2D eigenvalue weighted by Gasteiger charge is -2.09. The number of ether oxygens (including phenoxy) is 2. The molecule has 106 valence electrons. The van der Waals surface area contributed by atoms with E-state index in [0.29, 0.717) is 17.5 Å². The fraction of sp³-hybridized carbons (Fsp3) is 0.400. The van der Waals surface area contributed by atoms with E-state index in [2.05, 4.69) is 10.3 Å². The second-order valence-electron chi connectivity index (χ2n) is 4.85. The van der Waals surface area contributed by atoms with E-state index in [-0.39, 0.29) is 0 Å². The van der Waals surface area contributed by atoms with Crippen LogP contribution in [0.15, 0.2) is 29.0 Å². The molecule has 3 rings (SSSR count). The molecule has 5 nitrogen and oxygen atoms in total. The number of hydrogen-bond donors (Lipinski definition) is 1. The molecule has 2 aromatic rings. The molecule has 0 atom stereocenters. The lowest BCUT2D eigenvalue weighted by Crippen LogP contribution is -2.15. The molecule has 1 aliphatic carbocycles. The van der Waals surface area contributed by atoms with Crippen LogP contribution in [0.25, 0.3) is 11.3 Å². The van der Waals surface area contributed by atoms with Crippen molar-refractivity contribution < 1.29 is 13.9 Å². The predicted octanol–water partition coefficient (Wildman–Crippen LogP) is 2.61. The highest BCUT2D eigenvalue weighted by molar-refractivity contribution is 5.64. The maximum Gasteiger partial charge on any atom is 0.181 e. The van der Waals surface area contributed by atoms with Gasteiger partial charge in [0.25, 0.3) is 0 Å². The van der Waals surface area contributed by atoms with E-state index in [1.165, 1.54) is 19.2 Å². The summed E-state index contributed by atoms with van der Waals surface area (Å²) < 4.78 is 16.1. The molecule has 5 heteroatoms. The molecule has 1 N–H and O–H groups in total. The van der Waals surface area contributed by atoms with Crippen LogP contribution in [0, 0.1) is 0 Å². The summed E-state index contributed by atoms with van der Waals surface area (Å²) in [6, 6.07) is 6.36. The molecular formula is C15H18N2O3. The Morgan fingerprint density at radius 1 is 1.25 bits per heavy atom. The lowest BCUT2D eigenvalue weighted by atomic mass is 10.1. The molecule has 1 aliphatic rings. The molecule has 0 saturated heterocycles. The molecule has 0 radical (unpaired) electrons. The molecular weight excluding hydrogens is 256 g/mol. The van der Waals surface area contributed by atoms with Gasteiger partial charge >= 0.3 is 0 Å². The van der Waals surface area contributed by atoms with E-state index in [1.807, 2.05) is 18.2 Å². The quantitative estimate of drug-likeness (QED) is 0.877. The van der Waals surface area contributed by atoms with E-state index in [4.69, 9.17) is 13.9 Å². The third kappa shape index (κ3) is 2.63. The second kappa shape index (κ2) is 5.54. The van der Waals surface area contributed by atoms with Crippen LogP contribution >= 0.6 is 0 Å². The van der Waals surface area contributed by atoms with Gasteiger partial charge in [-0.05, 0) is 31.0 Å². The number of aromatic nitrogens is 1. The third-order valence-corrected chi connectivity index (χ3v) is 3.42. The summed E-state index contributed by atoms with van der Waals surface area (Å²) in [6.07, 6.45) is 3.99. The summed E-state index contributed by atoms with van der Waals surface area (Å²) in [5.74, 6) is 2.16. The normalized spacial score (nSPS) is 14.3. The van der Waals surface area contributed by atoms with E-state index >= 15 is 0 Å². The maximum atomic E-state index is 5.53. The summed E-state index contributed by atoms with van der Waals surface area (Å²) in [4.78, 5) is 4.29. The van der Waals surface area contributed by atoms with Crippen molar-refractivity contribution in [2.24, 2.45) is 0 Å². The van der Waals surface area contributed by atoms with Crippen LogP contribution in [0.3, 0.4) is 0 Å². The third-order valence-electron chi connectivity index (χ3n) is 3.42. The SMILES string of the molecule is COc1ccc(-c2ocnc2CNC2CC2)cc1OC. The average Bonchev–Trinajstić information content (AvgIpc) is 3.21. The zero-order valence-electron chi connectivity index (χ0n) is 11.7. The first-order chi connectivity index (χ1) is 9.81. The molecule has 1 aromatic carbocycles. The zero-order valence-corrected chi connectivity index (χ0v) is 11.7. The Kier molecular flexibility index (Phi) is 3.60. The first kappa shape index (κ1) is 13.0. The molecule has 20 heavy (non-hydrogen) atoms. The minimum absolute atomic E-state index is 0.643. The highest BCUT2D eigenvalue weighted by atomic mass is 16.5. The van der Waals surface area contributed by atoms with Gasteiger partial charge in [0.15, 0.2) is 23.7 Å². The van der Waals surface area contributed by atoms with Gasteiger partial charge in [-0.15, -0.1) is 0 Å². The van der Waals surface area contributed by atoms with Gasteiger partial charge in [0.2, 0.25) is 0 Å². The summed E-state index contributed by atoms with van der Waals surface area (Å²) in [7, 11) is 3.24. The smallest absolute Gasteiger partial charge is 0.181 e. The number of methoxy groups -OCH3 is 2. The highest BCUT2D eigenvalue weighted by Crippen LogP contribution is 2.33. The molecule has 0 bridgehead atoms. The van der Waals surface area contributed by atoms with Crippen molar-refractivity contribution in [1.82, 2.24) is 10.3 Å². The Bertz CT molecular complexity index is 591. The second-order valence-corrected chi connectivity index (χ2v) is 4.85. The average molecular weight is 274 g/mol. The highest BCUT2D eigenvalue weighted by Gasteiger charge is 2.22. The topological polar surface area (TPSA) is 56.5 Å². The van der Waals surface area contributed by atoms with Crippen LogP contribution < -0.4 is 14.8 Å². The van der Waals surface area contributed by atoms with Gasteiger partial charge in [0.05, 0.1) is 14.2 Å². The number of benzene rings is 1.